The van der Waals surface area contributed by atoms with E-state index in [0.717, 1.165) is 31.8 Å². The SMILES string of the molecule is CN=C(NCC(C)(C)Cc1ccccc1)NC1CCN(C(=O)OC)CC1. The first-order chi connectivity index (χ1) is 12.4. The summed E-state index contributed by atoms with van der Waals surface area (Å²) in [6, 6.07) is 10.9. The van der Waals surface area contributed by atoms with Crippen LogP contribution >= 0.6 is 0 Å². The lowest BCUT2D eigenvalue weighted by molar-refractivity contribution is 0.111. The lowest BCUT2D eigenvalue weighted by atomic mass is 9.86. The van der Waals surface area contributed by atoms with Gasteiger partial charge in [0.2, 0.25) is 0 Å². The average molecular weight is 361 g/mol. The van der Waals surface area contributed by atoms with Gasteiger partial charge in [0.05, 0.1) is 7.11 Å². The van der Waals surface area contributed by atoms with E-state index in [2.05, 4.69) is 53.7 Å². The highest BCUT2D eigenvalue weighted by molar-refractivity contribution is 5.80. The molecule has 6 heteroatoms. The molecule has 2 rings (SSSR count). The number of benzene rings is 1. The van der Waals surface area contributed by atoms with Gasteiger partial charge in [0.15, 0.2) is 5.96 Å². The van der Waals surface area contributed by atoms with Gasteiger partial charge in [-0.15, -0.1) is 0 Å². The number of nitrogens with one attached hydrogen (secondary N) is 2. The Kier molecular flexibility index (Phi) is 7.30. The lowest BCUT2D eigenvalue weighted by Gasteiger charge is -2.33. The van der Waals surface area contributed by atoms with Crippen molar-refractivity contribution in [2.24, 2.45) is 10.4 Å². The third kappa shape index (κ3) is 6.24. The first-order valence-corrected chi connectivity index (χ1v) is 9.27. The first kappa shape index (κ1) is 20.1. The number of guanidine groups is 1. The van der Waals surface area contributed by atoms with E-state index in [-0.39, 0.29) is 11.5 Å². The zero-order valence-corrected chi connectivity index (χ0v) is 16.4. The molecule has 1 aromatic rings. The molecule has 0 spiro atoms. The van der Waals surface area contributed by atoms with E-state index >= 15 is 0 Å². The van der Waals surface area contributed by atoms with Crippen molar-refractivity contribution in [3.8, 4) is 0 Å². The van der Waals surface area contributed by atoms with Crippen molar-refractivity contribution in [3.63, 3.8) is 0 Å². The summed E-state index contributed by atoms with van der Waals surface area (Å²) in [6.45, 7) is 6.77. The zero-order valence-electron chi connectivity index (χ0n) is 16.4. The maximum Gasteiger partial charge on any atom is 0.409 e. The average Bonchev–Trinajstić information content (AvgIpc) is 2.65. The summed E-state index contributed by atoms with van der Waals surface area (Å²) in [5, 5.41) is 6.94. The molecule has 0 saturated carbocycles. The standard InChI is InChI=1S/C20H32N4O2/c1-20(2,14-16-8-6-5-7-9-16)15-22-18(21-3)23-17-10-12-24(13-11-17)19(25)26-4/h5-9,17H,10-15H2,1-4H3,(H2,21,22,23). The minimum absolute atomic E-state index is 0.118. The monoisotopic (exact) mass is 360 g/mol. The van der Waals surface area contributed by atoms with Crippen molar-refractivity contribution in [2.75, 3.05) is 33.8 Å². The van der Waals surface area contributed by atoms with Crippen LogP contribution in [-0.2, 0) is 11.2 Å². The summed E-state index contributed by atoms with van der Waals surface area (Å²) in [6.07, 6.45) is 2.55. The summed E-state index contributed by atoms with van der Waals surface area (Å²) in [4.78, 5) is 17.7. The largest absolute Gasteiger partial charge is 0.453 e. The molecule has 0 aromatic heterocycles. The van der Waals surface area contributed by atoms with Gasteiger partial charge in [-0.25, -0.2) is 4.79 Å². The number of likely N-dealkylation sites (tertiary alicyclic amines) is 1. The van der Waals surface area contributed by atoms with Gasteiger partial charge < -0.3 is 20.3 Å². The number of carbonyl (C=O) groups is 1. The number of methoxy groups -OCH3 is 1. The molecule has 0 aliphatic carbocycles. The predicted molar refractivity (Wildman–Crippen MR) is 105 cm³/mol. The summed E-state index contributed by atoms with van der Waals surface area (Å²) in [5.41, 5.74) is 1.46. The van der Waals surface area contributed by atoms with Gasteiger partial charge in [-0.3, -0.25) is 4.99 Å². The van der Waals surface area contributed by atoms with Crippen molar-refractivity contribution < 1.29 is 9.53 Å². The Balaban J connectivity index is 1.78. The Morgan fingerprint density at radius 1 is 1.27 bits per heavy atom. The smallest absolute Gasteiger partial charge is 0.409 e. The number of ether oxygens (including phenoxy) is 1. The quantitative estimate of drug-likeness (QED) is 0.626. The highest BCUT2D eigenvalue weighted by Gasteiger charge is 2.24. The number of amides is 1. The molecule has 1 amide bonds. The fraction of sp³-hybridized carbons (Fsp3) is 0.600. The molecular formula is C20H32N4O2. The summed E-state index contributed by atoms with van der Waals surface area (Å²) in [5.74, 6) is 0.822. The lowest BCUT2D eigenvalue weighted by Crippen LogP contribution is -2.51. The summed E-state index contributed by atoms with van der Waals surface area (Å²) < 4.78 is 4.78. The molecule has 0 bridgehead atoms. The molecular weight excluding hydrogens is 328 g/mol. The molecule has 1 fully saturated rings. The highest BCUT2D eigenvalue weighted by atomic mass is 16.5. The highest BCUT2D eigenvalue weighted by Crippen LogP contribution is 2.20. The number of aliphatic imine (C=N–C) groups is 1. The van der Waals surface area contributed by atoms with E-state index in [1.54, 1.807) is 11.9 Å². The Morgan fingerprint density at radius 2 is 1.92 bits per heavy atom. The Labute approximate surface area is 157 Å². The second kappa shape index (κ2) is 9.46. The van der Waals surface area contributed by atoms with E-state index in [0.29, 0.717) is 19.1 Å². The molecule has 1 aromatic carbocycles. The van der Waals surface area contributed by atoms with Gasteiger partial charge in [0, 0.05) is 32.7 Å². The molecule has 1 aliphatic rings. The molecule has 0 radical (unpaired) electrons. The second-order valence-electron chi connectivity index (χ2n) is 7.63. The van der Waals surface area contributed by atoms with Crippen LogP contribution in [-0.4, -0.2) is 56.8 Å². The molecule has 0 atom stereocenters. The molecule has 6 nitrogen and oxygen atoms in total. The fourth-order valence-electron chi connectivity index (χ4n) is 3.26. The Morgan fingerprint density at radius 3 is 2.50 bits per heavy atom. The van der Waals surface area contributed by atoms with Gasteiger partial charge in [-0.2, -0.15) is 0 Å². The van der Waals surface area contributed by atoms with Crippen LogP contribution in [0.15, 0.2) is 35.3 Å². The van der Waals surface area contributed by atoms with Crippen LogP contribution in [0.5, 0.6) is 0 Å². The van der Waals surface area contributed by atoms with E-state index in [1.807, 2.05) is 6.07 Å². The summed E-state index contributed by atoms with van der Waals surface area (Å²) >= 11 is 0. The minimum Gasteiger partial charge on any atom is -0.453 e. The molecule has 1 heterocycles. The normalized spacial score (nSPS) is 16.3. The predicted octanol–water partition coefficient (Wildman–Crippen LogP) is 2.65. The molecule has 26 heavy (non-hydrogen) atoms. The van der Waals surface area contributed by atoms with E-state index < -0.39 is 0 Å². The van der Waals surface area contributed by atoms with Crippen LogP contribution in [0.25, 0.3) is 0 Å². The third-order valence-electron chi connectivity index (χ3n) is 4.75. The van der Waals surface area contributed by atoms with Crippen LogP contribution in [0.1, 0.15) is 32.3 Å². The molecule has 144 valence electrons. The van der Waals surface area contributed by atoms with Gasteiger partial charge in [0.25, 0.3) is 0 Å². The number of carbonyl (C=O) groups excluding carboxylic acids is 1. The van der Waals surface area contributed by atoms with Gasteiger partial charge >= 0.3 is 6.09 Å². The van der Waals surface area contributed by atoms with Crippen molar-refractivity contribution in [1.82, 2.24) is 15.5 Å². The first-order valence-electron chi connectivity index (χ1n) is 9.27. The van der Waals surface area contributed by atoms with Crippen molar-refractivity contribution in [3.05, 3.63) is 35.9 Å². The van der Waals surface area contributed by atoms with Crippen LogP contribution in [0.3, 0.4) is 0 Å². The van der Waals surface area contributed by atoms with Gasteiger partial charge in [-0.05, 0) is 30.2 Å². The number of rotatable bonds is 5. The molecule has 1 aliphatic heterocycles. The molecule has 1 saturated heterocycles. The molecule has 2 N–H and O–H groups in total. The van der Waals surface area contributed by atoms with Crippen LogP contribution < -0.4 is 10.6 Å². The maximum atomic E-state index is 11.6. The second-order valence-corrected chi connectivity index (χ2v) is 7.63. The molecule has 0 unspecified atom stereocenters. The third-order valence-corrected chi connectivity index (χ3v) is 4.75. The number of hydrogen-bond acceptors (Lipinski definition) is 3. The van der Waals surface area contributed by atoms with E-state index in [1.165, 1.54) is 12.7 Å². The van der Waals surface area contributed by atoms with Gasteiger partial charge in [0.1, 0.15) is 0 Å². The maximum absolute atomic E-state index is 11.6. The summed E-state index contributed by atoms with van der Waals surface area (Å²) in [7, 11) is 3.22. The van der Waals surface area contributed by atoms with Crippen LogP contribution in [0.2, 0.25) is 0 Å². The topological polar surface area (TPSA) is 66.0 Å². The van der Waals surface area contributed by atoms with Crippen molar-refractivity contribution in [1.29, 1.82) is 0 Å². The number of hydrogen-bond donors (Lipinski definition) is 2. The zero-order chi connectivity index (χ0) is 19.0. The van der Waals surface area contributed by atoms with Crippen molar-refractivity contribution in [2.45, 2.75) is 39.2 Å². The number of piperidine rings is 1. The Bertz CT molecular complexity index is 593. The van der Waals surface area contributed by atoms with Crippen LogP contribution in [0.4, 0.5) is 4.79 Å². The van der Waals surface area contributed by atoms with Crippen LogP contribution in [0, 0.1) is 5.41 Å². The Hall–Kier alpha value is -2.24. The van der Waals surface area contributed by atoms with E-state index in [4.69, 9.17) is 4.74 Å². The van der Waals surface area contributed by atoms with Gasteiger partial charge in [-0.1, -0.05) is 44.2 Å². The van der Waals surface area contributed by atoms with E-state index in [9.17, 15) is 4.79 Å². The van der Waals surface area contributed by atoms with Crippen molar-refractivity contribution >= 4 is 12.1 Å². The minimum atomic E-state index is -0.242. The number of nitrogens with zero attached hydrogens (tertiary/aromatic N) is 2. The fourth-order valence-corrected chi connectivity index (χ4v) is 3.26.